The van der Waals surface area contributed by atoms with Gasteiger partial charge in [-0.25, -0.2) is 0 Å². The Balaban J connectivity index is 2.29. The van der Waals surface area contributed by atoms with Crippen molar-refractivity contribution in [2.24, 2.45) is 9.98 Å². The number of rotatable bonds is 0. The lowest BCUT2D eigenvalue weighted by Gasteiger charge is -2.38. The standard InChI is InChI=1S/C12H10F6N4/c1-5-7-9(11(13,14)15)22-4-20-6(2)8(22)10(12(16,17)18)21(7)3-19-5/h3-6H,1-2H3. The van der Waals surface area contributed by atoms with Crippen LogP contribution in [0.3, 0.4) is 0 Å². The Hall–Kier alpha value is -2.00. The van der Waals surface area contributed by atoms with Gasteiger partial charge in [-0.05, 0) is 13.8 Å². The average Bonchev–Trinajstić information content (AvgIpc) is 2.89. The second-order valence-electron chi connectivity index (χ2n) is 5.08. The number of alkyl halides is 6. The van der Waals surface area contributed by atoms with Crippen molar-refractivity contribution < 1.29 is 26.3 Å². The van der Waals surface area contributed by atoms with Gasteiger partial charge in [0.1, 0.15) is 0 Å². The fourth-order valence-electron chi connectivity index (χ4n) is 2.79. The summed E-state index contributed by atoms with van der Waals surface area (Å²) in [5.74, 6) is 0. The summed E-state index contributed by atoms with van der Waals surface area (Å²) in [6.45, 7) is 2.63. The van der Waals surface area contributed by atoms with Gasteiger partial charge in [0.2, 0.25) is 0 Å². The molecular formula is C12H10F6N4. The fourth-order valence-corrected chi connectivity index (χ4v) is 2.79. The van der Waals surface area contributed by atoms with Gasteiger partial charge >= 0.3 is 12.4 Å². The molecule has 2 atom stereocenters. The van der Waals surface area contributed by atoms with E-state index in [-0.39, 0.29) is 0 Å². The lowest BCUT2D eigenvalue weighted by atomic mass is 10.0. The maximum absolute atomic E-state index is 13.4. The van der Waals surface area contributed by atoms with Crippen molar-refractivity contribution in [3.63, 3.8) is 0 Å². The van der Waals surface area contributed by atoms with Crippen LogP contribution in [0.2, 0.25) is 0 Å². The van der Waals surface area contributed by atoms with Crippen LogP contribution in [0.4, 0.5) is 26.3 Å². The molecule has 3 aliphatic heterocycles. The number of nitrogens with zero attached hydrogens (tertiary/aromatic N) is 4. The zero-order valence-corrected chi connectivity index (χ0v) is 11.4. The molecule has 4 nitrogen and oxygen atoms in total. The molecule has 22 heavy (non-hydrogen) atoms. The maximum atomic E-state index is 13.4. The Morgan fingerprint density at radius 3 is 1.36 bits per heavy atom. The quantitative estimate of drug-likeness (QED) is 0.642. The summed E-state index contributed by atoms with van der Waals surface area (Å²) in [4.78, 5) is 8.38. The van der Waals surface area contributed by atoms with E-state index in [1.807, 2.05) is 0 Å². The van der Waals surface area contributed by atoms with Crippen LogP contribution in [0.5, 0.6) is 0 Å². The zero-order chi connectivity index (χ0) is 16.4. The van der Waals surface area contributed by atoms with Crippen LogP contribution in [0.1, 0.15) is 13.8 Å². The topological polar surface area (TPSA) is 31.2 Å². The van der Waals surface area contributed by atoms with Gasteiger partial charge in [-0.2, -0.15) is 26.3 Å². The molecule has 0 fully saturated rings. The molecule has 0 bridgehead atoms. The van der Waals surface area contributed by atoms with Gasteiger partial charge in [-0.1, -0.05) is 0 Å². The number of fused-ring (bicyclic) bond motifs is 2. The molecule has 3 aliphatic rings. The molecular weight excluding hydrogens is 314 g/mol. The SMILES string of the molecule is CC1N=CN2C1=C(C(F)(F)F)N1C=NC(C)C1=C2C(F)(F)F. The third kappa shape index (κ3) is 1.92. The van der Waals surface area contributed by atoms with Gasteiger partial charge in [-0.3, -0.25) is 19.8 Å². The van der Waals surface area contributed by atoms with E-state index < -0.39 is 47.2 Å². The molecule has 3 rings (SSSR count). The summed E-state index contributed by atoms with van der Waals surface area (Å²) in [7, 11) is 0. The zero-order valence-electron chi connectivity index (χ0n) is 11.4. The van der Waals surface area contributed by atoms with Crippen LogP contribution < -0.4 is 0 Å². The van der Waals surface area contributed by atoms with E-state index >= 15 is 0 Å². The number of allylic oxidation sites excluding steroid dienone is 2. The highest BCUT2D eigenvalue weighted by Crippen LogP contribution is 2.48. The Morgan fingerprint density at radius 2 is 1.09 bits per heavy atom. The number of halogens is 6. The van der Waals surface area contributed by atoms with Gasteiger partial charge in [-0.15, -0.1) is 0 Å². The molecule has 0 N–H and O–H groups in total. The molecule has 0 aromatic carbocycles. The van der Waals surface area contributed by atoms with E-state index in [2.05, 4.69) is 9.98 Å². The molecule has 0 amide bonds. The summed E-state index contributed by atoms with van der Waals surface area (Å²) in [5.41, 5.74) is -3.42. The summed E-state index contributed by atoms with van der Waals surface area (Å²) >= 11 is 0. The van der Waals surface area contributed by atoms with Crippen molar-refractivity contribution in [2.45, 2.75) is 38.3 Å². The van der Waals surface area contributed by atoms with E-state index in [0.29, 0.717) is 9.80 Å². The van der Waals surface area contributed by atoms with E-state index in [1.165, 1.54) is 13.8 Å². The Morgan fingerprint density at radius 1 is 0.773 bits per heavy atom. The lowest BCUT2D eigenvalue weighted by Crippen LogP contribution is -2.45. The minimum atomic E-state index is -4.83. The minimum absolute atomic E-state index is 0.491. The van der Waals surface area contributed by atoms with E-state index in [0.717, 1.165) is 12.7 Å². The highest BCUT2D eigenvalue weighted by molar-refractivity contribution is 5.75. The smallest absolute Gasteiger partial charge is 0.295 e. The first-order valence-corrected chi connectivity index (χ1v) is 6.31. The van der Waals surface area contributed by atoms with Gasteiger partial charge in [0, 0.05) is 0 Å². The van der Waals surface area contributed by atoms with E-state index in [1.54, 1.807) is 0 Å². The molecule has 0 aliphatic carbocycles. The first kappa shape index (κ1) is 14.9. The molecule has 0 aromatic heterocycles. The van der Waals surface area contributed by atoms with Crippen molar-refractivity contribution in [1.29, 1.82) is 0 Å². The molecule has 10 heteroatoms. The first-order valence-electron chi connectivity index (χ1n) is 6.31. The molecule has 0 spiro atoms. The van der Waals surface area contributed by atoms with E-state index in [9.17, 15) is 26.3 Å². The van der Waals surface area contributed by atoms with Crippen molar-refractivity contribution in [2.75, 3.05) is 0 Å². The second-order valence-corrected chi connectivity index (χ2v) is 5.08. The normalized spacial score (nSPS) is 28.0. The summed E-state index contributed by atoms with van der Waals surface area (Å²) < 4.78 is 80.4. The van der Waals surface area contributed by atoms with Crippen molar-refractivity contribution in [3.8, 4) is 0 Å². The van der Waals surface area contributed by atoms with Crippen LogP contribution in [0, 0.1) is 0 Å². The molecule has 0 saturated heterocycles. The van der Waals surface area contributed by atoms with Gasteiger partial charge < -0.3 is 0 Å². The van der Waals surface area contributed by atoms with E-state index in [4.69, 9.17) is 0 Å². The predicted octanol–water partition coefficient (Wildman–Crippen LogP) is 3.01. The summed E-state index contributed by atoms with van der Waals surface area (Å²) in [6.07, 6.45) is -8.06. The molecule has 0 saturated carbocycles. The van der Waals surface area contributed by atoms with Crippen LogP contribution in [0.25, 0.3) is 0 Å². The number of hydrogen-bond acceptors (Lipinski definition) is 4. The van der Waals surface area contributed by atoms with Crippen molar-refractivity contribution in [3.05, 3.63) is 22.8 Å². The van der Waals surface area contributed by atoms with Gasteiger partial charge in [0.15, 0.2) is 11.4 Å². The number of aliphatic imine (C=N–C) groups is 2. The molecule has 3 heterocycles. The monoisotopic (exact) mass is 324 g/mol. The fraction of sp³-hybridized carbons (Fsp3) is 0.500. The molecule has 0 radical (unpaired) electrons. The highest BCUT2D eigenvalue weighted by Gasteiger charge is 2.55. The van der Waals surface area contributed by atoms with Crippen LogP contribution in [0.15, 0.2) is 32.8 Å². The molecule has 0 aromatic rings. The van der Waals surface area contributed by atoms with Gasteiger partial charge in [0.25, 0.3) is 0 Å². The Kier molecular flexibility index (Phi) is 2.89. The third-order valence-electron chi connectivity index (χ3n) is 3.63. The molecule has 120 valence electrons. The second kappa shape index (κ2) is 4.26. The first-order chi connectivity index (χ1) is 10.0. The van der Waals surface area contributed by atoms with Crippen LogP contribution in [-0.2, 0) is 0 Å². The summed E-state index contributed by atoms with van der Waals surface area (Å²) in [6, 6.07) is -2.06. The van der Waals surface area contributed by atoms with Crippen LogP contribution >= 0.6 is 0 Å². The van der Waals surface area contributed by atoms with Crippen molar-refractivity contribution in [1.82, 2.24) is 9.80 Å². The maximum Gasteiger partial charge on any atom is 0.433 e. The highest BCUT2D eigenvalue weighted by atomic mass is 19.4. The Labute approximate surface area is 121 Å². The predicted molar refractivity (Wildman–Crippen MR) is 65.7 cm³/mol. The largest absolute Gasteiger partial charge is 0.433 e. The molecule has 2 unspecified atom stereocenters. The Bertz CT molecular complexity index is 583. The summed E-state index contributed by atoms with van der Waals surface area (Å²) in [5, 5.41) is 0. The van der Waals surface area contributed by atoms with Gasteiger partial charge in [0.05, 0.1) is 36.2 Å². The third-order valence-corrected chi connectivity index (χ3v) is 3.63. The lowest BCUT2D eigenvalue weighted by molar-refractivity contribution is -0.119. The average molecular weight is 324 g/mol. The van der Waals surface area contributed by atoms with Crippen molar-refractivity contribution >= 4 is 12.7 Å². The number of hydrogen-bond donors (Lipinski definition) is 0. The minimum Gasteiger partial charge on any atom is -0.295 e. The van der Waals surface area contributed by atoms with Crippen LogP contribution in [-0.4, -0.2) is 46.9 Å².